The van der Waals surface area contributed by atoms with Crippen molar-refractivity contribution in [3.05, 3.63) is 65.9 Å². The van der Waals surface area contributed by atoms with Gasteiger partial charge in [-0.3, -0.25) is 14.0 Å². The highest BCUT2D eigenvalue weighted by molar-refractivity contribution is 6.04. The molecule has 0 spiro atoms. The molecule has 1 fully saturated rings. The average molecular weight is 416 g/mol. The van der Waals surface area contributed by atoms with Gasteiger partial charge in [0, 0.05) is 30.9 Å². The standard InChI is InChI=1S/C22H20N6O3/c1-13-6-7-15(20-25-22(31-26-20)17-8-10-27(17)14(2)29)11-16(13)24-21(30)18-12-23-19-5-3-4-9-28(18)19/h3-7,9,11-12,17H,8,10H2,1-2H3,(H,24,30). The van der Waals surface area contributed by atoms with Gasteiger partial charge < -0.3 is 14.7 Å². The second-order valence-corrected chi connectivity index (χ2v) is 7.53. The number of fused-ring (bicyclic) bond motifs is 1. The maximum atomic E-state index is 12.9. The van der Waals surface area contributed by atoms with Crippen LogP contribution in [0.25, 0.3) is 17.0 Å². The van der Waals surface area contributed by atoms with E-state index in [9.17, 15) is 9.59 Å². The molecule has 1 unspecified atom stereocenters. The van der Waals surface area contributed by atoms with Crippen LogP contribution in [-0.2, 0) is 4.79 Å². The molecule has 31 heavy (non-hydrogen) atoms. The number of pyridine rings is 1. The minimum atomic E-state index is -0.265. The lowest BCUT2D eigenvalue weighted by molar-refractivity contribution is -0.137. The fourth-order valence-corrected chi connectivity index (χ4v) is 3.69. The maximum Gasteiger partial charge on any atom is 0.274 e. The van der Waals surface area contributed by atoms with E-state index in [0.717, 1.165) is 12.0 Å². The summed E-state index contributed by atoms with van der Waals surface area (Å²) in [6.45, 7) is 4.14. The van der Waals surface area contributed by atoms with Gasteiger partial charge in [0.15, 0.2) is 0 Å². The van der Waals surface area contributed by atoms with Gasteiger partial charge in [0.25, 0.3) is 5.91 Å². The van der Waals surface area contributed by atoms with Crippen LogP contribution in [0.2, 0.25) is 0 Å². The van der Waals surface area contributed by atoms with E-state index in [4.69, 9.17) is 4.52 Å². The molecule has 1 aliphatic rings. The van der Waals surface area contributed by atoms with Gasteiger partial charge in [0.05, 0.1) is 6.20 Å². The van der Waals surface area contributed by atoms with Crippen molar-refractivity contribution < 1.29 is 14.1 Å². The lowest BCUT2D eigenvalue weighted by Gasteiger charge is -2.37. The smallest absolute Gasteiger partial charge is 0.274 e. The van der Waals surface area contributed by atoms with Crippen molar-refractivity contribution in [2.75, 3.05) is 11.9 Å². The Morgan fingerprint density at radius 3 is 2.87 bits per heavy atom. The molecule has 0 saturated carbocycles. The molecule has 1 N–H and O–H groups in total. The Balaban J connectivity index is 1.40. The van der Waals surface area contributed by atoms with Crippen molar-refractivity contribution in [1.29, 1.82) is 0 Å². The monoisotopic (exact) mass is 416 g/mol. The first-order valence-electron chi connectivity index (χ1n) is 9.96. The van der Waals surface area contributed by atoms with E-state index in [0.29, 0.717) is 40.9 Å². The van der Waals surface area contributed by atoms with Crippen LogP contribution in [0.4, 0.5) is 5.69 Å². The quantitative estimate of drug-likeness (QED) is 0.547. The van der Waals surface area contributed by atoms with Gasteiger partial charge in [-0.05, 0) is 37.1 Å². The molecule has 2 amide bonds. The molecule has 1 aromatic carbocycles. The molecule has 1 saturated heterocycles. The molecular weight excluding hydrogens is 396 g/mol. The van der Waals surface area contributed by atoms with Crippen molar-refractivity contribution in [3.63, 3.8) is 0 Å². The number of carbonyl (C=O) groups excluding carboxylic acids is 2. The predicted octanol–water partition coefficient (Wildman–Crippen LogP) is 3.24. The molecule has 0 bridgehead atoms. The molecule has 3 aromatic heterocycles. The first kappa shape index (κ1) is 19.0. The van der Waals surface area contributed by atoms with Crippen molar-refractivity contribution in [3.8, 4) is 11.4 Å². The van der Waals surface area contributed by atoms with Crippen LogP contribution in [0, 0.1) is 6.92 Å². The fraction of sp³-hybridized carbons (Fsp3) is 0.227. The van der Waals surface area contributed by atoms with E-state index in [1.165, 1.54) is 6.92 Å². The third-order valence-electron chi connectivity index (χ3n) is 5.54. The minimum Gasteiger partial charge on any atom is -0.337 e. The van der Waals surface area contributed by atoms with Crippen LogP contribution in [0.1, 0.15) is 41.3 Å². The normalized spacial score (nSPS) is 15.7. The number of rotatable bonds is 4. The van der Waals surface area contributed by atoms with E-state index in [1.807, 2.05) is 43.3 Å². The van der Waals surface area contributed by atoms with Crippen LogP contribution in [-0.4, -0.2) is 42.8 Å². The summed E-state index contributed by atoms with van der Waals surface area (Å²) in [5.41, 5.74) is 3.40. The van der Waals surface area contributed by atoms with Crippen LogP contribution >= 0.6 is 0 Å². The number of amides is 2. The lowest BCUT2D eigenvalue weighted by Crippen LogP contribution is -2.44. The topological polar surface area (TPSA) is 106 Å². The summed E-state index contributed by atoms with van der Waals surface area (Å²) < 4.78 is 7.14. The number of hydrogen-bond donors (Lipinski definition) is 1. The zero-order chi connectivity index (χ0) is 21.5. The van der Waals surface area contributed by atoms with Gasteiger partial charge in [-0.2, -0.15) is 4.98 Å². The minimum absolute atomic E-state index is 0.0104. The van der Waals surface area contributed by atoms with Gasteiger partial charge in [-0.25, -0.2) is 4.98 Å². The molecule has 5 rings (SSSR count). The molecular formula is C22H20N6O3. The number of aromatic nitrogens is 4. The number of anilines is 1. The molecule has 9 nitrogen and oxygen atoms in total. The van der Waals surface area contributed by atoms with Crippen LogP contribution < -0.4 is 5.32 Å². The zero-order valence-corrected chi connectivity index (χ0v) is 17.1. The second kappa shape index (κ2) is 7.35. The molecule has 156 valence electrons. The maximum absolute atomic E-state index is 12.9. The summed E-state index contributed by atoms with van der Waals surface area (Å²) in [5, 5.41) is 7.02. The summed E-state index contributed by atoms with van der Waals surface area (Å²) in [6.07, 6.45) is 4.15. The Bertz CT molecular complexity index is 1310. The summed E-state index contributed by atoms with van der Waals surface area (Å²) in [5.74, 6) is 0.562. The Morgan fingerprint density at radius 1 is 1.23 bits per heavy atom. The third-order valence-corrected chi connectivity index (χ3v) is 5.54. The molecule has 4 aromatic rings. The van der Waals surface area contributed by atoms with Gasteiger partial charge in [-0.15, -0.1) is 0 Å². The number of carbonyl (C=O) groups is 2. The summed E-state index contributed by atoms with van der Waals surface area (Å²) in [4.78, 5) is 35.0. The van der Waals surface area contributed by atoms with Crippen LogP contribution in [0.15, 0.2) is 53.3 Å². The zero-order valence-electron chi connectivity index (χ0n) is 17.1. The molecule has 1 atom stereocenters. The molecule has 4 heterocycles. The van der Waals surface area contributed by atoms with Crippen molar-refractivity contribution >= 4 is 23.1 Å². The first-order chi connectivity index (χ1) is 15.0. The molecule has 0 radical (unpaired) electrons. The van der Waals surface area contributed by atoms with Crippen molar-refractivity contribution in [1.82, 2.24) is 24.4 Å². The molecule has 0 aliphatic carbocycles. The SMILES string of the molecule is CC(=O)N1CCC1c1nc(-c2ccc(C)c(NC(=O)c3cnc4ccccn34)c2)no1. The predicted molar refractivity (Wildman–Crippen MR) is 112 cm³/mol. The van der Waals surface area contributed by atoms with Crippen molar-refractivity contribution in [2.45, 2.75) is 26.3 Å². The summed E-state index contributed by atoms with van der Waals surface area (Å²) in [6, 6.07) is 11.0. The number of benzene rings is 1. The highest BCUT2D eigenvalue weighted by Crippen LogP contribution is 2.33. The summed E-state index contributed by atoms with van der Waals surface area (Å²) >= 11 is 0. The van der Waals surface area contributed by atoms with E-state index >= 15 is 0 Å². The number of hydrogen-bond acceptors (Lipinski definition) is 6. The van der Waals surface area contributed by atoms with Gasteiger partial charge in [0.1, 0.15) is 17.4 Å². The Kier molecular flexibility index (Phi) is 4.50. The number of aryl methyl sites for hydroxylation is 1. The first-order valence-corrected chi connectivity index (χ1v) is 9.96. The average Bonchev–Trinajstić information content (AvgIpc) is 3.36. The largest absolute Gasteiger partial charge is 0.337 e. The highest BCUT2D eigenvalue weighted by atomic mass is 16.5. The van der Waals surface area contributed by atoms with E-state index in [-0.39, 0.29) is 17.9 Å². The third kappa shape index (κ3) is 3.33. The lowest BCUT2D eigenvalue weighted by atomic mass is 10.0. The Morgan fingerprint density at radius 2 is 2.10 bits per heavy atom. The number of likely N-dealkylation sites (tertiary alicyclic amines) is 1. The number of imidazole rings is 1. The summed E-state index contributed by atoms with van der Waals surface area (Å²) in [7, 11) is 0. The second-order valence-electron chi connectivity index (χ2n) is 7.53. The van der Waals surface area contributed by atoms with Crippen molar-refractivity contribution in [2.24, 2.45) is 0 Å². The van der Waals surface area contributed by atoms with Gasteiger partial charge >= 0.3 is 0 Å². The highest BCUT2D eigenvalue weighted by Gasteiger charge is 2.35. The van der Waals surface area contributed by atoms with Gasteiger partial charge in [-0.1, -0.05) is 23.4 Å². The van der Waals surface area contributed by atoms with Gasteiger partial charge in [0.2, 0.25) is 17.6 Å². The van der Waals surface area contributed by atoms with Crippen LogP contribution in [0.3, 0.4) is 0 Å². The van der Waals surface area contributed by atoms with Crippen LogP contribution in [0.5, 0.6) is 0 Å². The van der Waals surface area contributed by atoms with E-state index in [2.05, 4.69) is 20.4 Å². The van der Waals surface area contributed by atoms with E-state index in [1.54, 1.807) is 21.7 Å². The van der Waals surface area contributed by atoms with E-state index < -0.39 is 0 Å². The number of nitrogens with one attached hydrogen (secondary N) is 1. The molecule has 9 heteroatoms. The Labute approximate surface area is 177 Å². The fourth-order valence-electron chi connectivity index (χ4n) is 3.69. The number of nitrogens with zero attached hydrogens (tertiary/aromatic N) is 5. The Hall–Kier alpha value is -4.01. The molecule has 1 aliphatic heterocycles.